The molecule has 0 spiro atoms. The van der Waals surface area contributed by atoms with Gasteiger partial charge in [0.15, 0.2) is 0 Å². The molecule has 2 aromatic carbocycles. The Labute approximate surface area is 136 Å². The maximum Gasteiger partial charge on any atom is 0.275 e. The normalized spacial score (nSPS) is 12.1. The van der Waals surface area contributed by atoms with E-state index in [9.17, 15) is 10.1 Å². The number of benzene rings is 2. The standard InChI is InChI=1S/C15H14BrClN2O2/c1-10(11-3-2-4-13(16)7-11)18-9-12-5-6-14(17)8-15(12)19(20)21/h2-8,10,18H,9H2,1H3. The van der Waals surface area contributed by atoms with Crippen LogP contribution in [0.4, 0.5) is 5.69 Å². The quantitative estimate of drug-likeness (QED) is 0.605. The van der Waals surface area contributed by atoms with Crippen molar-refractivity contribution in [2.45, 2.75) is 19.5 Å². The summed E-state index contributed by atoms with van der Waals surface area (Å²) in [6, 6.07) is 12.8. The van der Waals surface area contributed by atoms with Gasteiger partial charge in [-0.05, 0) is 36.8 Å². The van der Waals surface area contributed by atoms with Gasteiger partial charge in [0.25, 0.3) is 5.69 Å². The third-order valence-electron chi connectivity index (χ3n) is 3.19. The molecule has 0 aliphatic heterocycles. The Kier molecular flexibility index (Phi) is 5.33. The van der Waals surface area contributed by atoms with Crippen molar-refractivity contribution in [2.24, 2.45) is 0 Å². The second-order valence-corrected chi connectivity index (χ2v) is 6.04. The molecule has 0 fully saturated rings. The lowest BCUT2D eigenvalue weighted by molar-refractivity contribution is -0.385. The highest BCUT2D eigenvalue weighted by Gasteiger charge is 2.15. The number of halogens is 2. The van der Waals surface area contributed by atoms with Crippen molar-refractivity contribution in [3.63, 3.8) is 0 Å². The molecule has 0 bridgehead atoms. The highest BCUT2D eigenvalue weighted by Crippen LogP contribution is 2.24. The molecule has 21 heavy (non-hydrogen) atoms. The van der Waals surface area contributed by atoms with E-state index in [2.05, 4.69) is 21.2 Å². The molecule has 0 aliphatic rings. The molecule has 2 aromatic rings. The van der Waals surface area contributed by atoms with Crippen molar-refractivity contribution in [3.8, 4) is 0 Å². The molecule has 0 radical (unpaired) electrons. The van der Waals surface area contributed by atoms with Gasteiger partial charge in [-0.1, -0.05) is 39.7 Å². The summed E-state index contributed by atoms with van der Waals surface area (Å²) in [7, 11) is 0. The summed E-state index contributed by atoms with van der Waals surface area (Å²) in [5, 5.41) is 14.7. The van der Waals surface area contributed by atoms with Crippen LogP contribution >= 0.6 is 27.5 Å². The predicted molar refractivity (Wildman–Crippen MR) is 87.5 cm³/mol. The number of nitrogens with zero attached hydrogens (tertiary/aromatic N) is 1. The average molecular weight is 370 g/mol. The van der Waals surface area contributed by atoms with Gasteiger partial charge < -0.3 is 5.32 Å². The van der Waals surface area contributed by atoms with Crippen LogP contribution in [-0.2, 0) is 6.54 Å². The zero-order valence-corrected chi connectivity index (χ0v) is 13.7. The van der Waals surface area contributed by atoms with E-state index >= 15 is 0 Å². The van der Waals surface area contributed by atoms with Crippen molar-refractivity contribution < 1.29 is 4.92 Å². The van der Waals surface area contributed by atoms with Gasteiger partial charge >= 0.3 is 0 Å². The van der Waals surface area contributed by atoms with E-state index in [0.29, 0.717) is 17.1 Å². The Balaban J connectivity index is 2.11. The van der Waals surface area contributed by atoms with Crippen LogP contribution in [0.5, 0.6) is 0 Å². The monoisotopic (exact) mass is 368 g/mol. The molecular weight excluding hydrogens is 356 g/mol. The van der Waals surface area contributed by atoms with Gasteiger partial charge in [-0.25, -0.2) is 0 Å². The number of rotatable bonds is 5. The first kappa shape index (κ1) is 15.9. The van der Waals surface area contributed by atoms with Crippen LogP contribution in [0.3, 0.4) is 0 Å². The van der Waals surface area contributed by atoms with E-state index in [1.165, 1.54) is 6.07 Å². The highest BCUT2D eigenvalue weighted by atomic mass is 79.9. The molecule has 2 rings (SSSR count). The fraction of sp³-hybridized carbons (Fsp3) is 0.200. The minimum Gasteiger partial charge on any atom is -0.306 e. The summed E-state index contributed by atoms with van der Waals surface area (Å²) >= 11 is 9.24. The molecule has 6 heteroatoms. The third kappa shape index (κ3) is 4.27. The minimum absolute atomic E-state index is 0.0384. The van der Waals surface area contributed by atoms with E-state index < -0.39 is 4.92 Å². The van der Waals surface area contributed by atoms with Gasteiger partial charge in [-0.15, -0.1) is 0 Å². The number of nitro benzene ring substituents is 1. The topological polar surface area (TPSA) is 55.2 Å². The molecule has 0 aromatic heterocycles. The molecular formula is C15H14BrClN2O2. The summed E-state index contributed by atoms with van der Waals surface area (Å²) < 4.78 is 1.01. The van der Waals surface area contributed by atoms with Gasteiger partial charge in [-0.2, -0.15) is 0 Å². The van der Waals surface area contributed by atoms with E-state index in [1.54, 1.807) is 12.1 Å². The number of nitrogens with one attached hydrogen (secondary N) is 1. The molecule has 0 heterocycles. The van der Waals surface area contributed by atoms with Crippen LogP contribution in [0.2, 0.25) is 5.02 Å². The second kappa shape index (κ2) is 7.02. The van der Waals surface area contributed by atoms with Gasteiger partial charge in [0.2, 0.25) is 0 Å². The minimum atomic E-state index is -0.410. The lowest BCUT2D eigenvalue weighted by Gasteiger charge is -2.14. The maximum atomic E-state index is 11.0. The second-order valence-electron chi connectivity index (χ2n) is 4.69. The molecule has 1 unspecified atom stereocenters. The highest BCUT2D eigenvalue weighted by molar-refractivity contribution is 9.10. The van der Waals surface area contributed by atoms with Gasteiger partial charge in [0.1, 0.15) is 0 Å². The zero-order chi connectivity index (χ0) is 15.4. The van der Waals surface area contributed by atoms with Crippen molar-refractivity contribution in [2.75, 3.05) is 0 Å². The van der Waals surface area contributed by atoms with Crippen LogP contribution in [0.15, 0.2) is 46.9 Å². The lowest BCUT2D eigenvalue weighted by atomic mass is 10.1. The Hall–Kier alpha value is -1.43. The van der Waals surface area contributed by atoms with E-state index in [0.717, 1.165) is 10.0 Å². The molecule has 0 saturated heterocycles. The molecule has 0 aliphatic carbocycles. The van der Waals surface area contributed by atoms with Crippen molar-refractivity contribution in [1.82, 2.24) is 5.32 Å². The summed E-state index contributed by atoms with van der Waals surface area (Å²) in [6.07, 6.45) is 0. The van der Waals surface area contributed by atoms with Crippen LogP contribution < -0.4 is 5.32 Å². The summed E-state index contributed by atoms with van der Waals surface area (Å²) in [5.41, 5.74) is 1.77. The van der Waals surface area contributed by atoms with Crippen LogP contribution in [0, 0.1) is 10.1 Å². The smallest absolute Gasteiger partial charge is 0.275 e. The van der Waals surface area contributed by atoms with Gasteiger partial charge in [-0.3, -0.25) is 10.1 Å². The molecule has 0 amide bonds. The third-order valence-corrected chi connectivity index (χ3v) is 3.92. The first-order chi connectivity index (χ1) is 9.97. The largest absolute Gasteiger partial charge is 0.306 e. The number of hydrogen-bond donors (Lipinski definition) is 1. The Morgan fingerprint density at radius 2 is 2.10 bits per heavy atom. The number of hydrogen-bond acceptors (Lipinski definition) is 3. The first-order valence-electron chi connectivity index (χ1n) is 6.39. The summed E-state index contributed by atoms with van der Waals surface area (Å²) in [5.74, 6) is 0. The van der Waals surface area contributed by atoms with Crippen molar-refractivity contribution >= 4 is 33.2 Å². The fourth-order valence-corrected chi connectivity index (χ4v) is 2.60. The fourth-order valence-electron chi connectivity index (χ4n) is 2.01. The van der Waals surface area contributed by atoms with Crippen molar-refractivity contribution in [1.29, 1.82) is 0 Å². The maximum absolute atomic E-state index is 11.0. The Morgan fingerprint density at radius 1 is 1.33 bits per heavy atom. The lowest BCUT2D eigenvalue weighted by Crippen LogP contribution is -2.18. The van der Waals surface area contributed by atoms with E-state index in [4.69, 9.17) is 11.6 Å². The molecule has 1 atom stereocenters. The number of nitro groups is 1. The van der Waals surface area contributed by atoms with Crippen LogP contribution in [-0.4, -0.2) is 4.92 Å². The van der Waals surface area contributed by atoms with Gasteiger partial charge in [0, 0.05) is 33.7 Å². The zero-order valence-electron chi connectivity index (χ0n) is 11.3. The van der Waals surface area contributed by atoms with Gasteiger partial charge in [0.05, 0.1) is 4.92 Å². The predicted octanol–water partition coefficient (Wildman–Crippen LogP) is 4.86. The Morgan fingerprint density at radius 3 is 2.76 bits per heavy atom. The van der Waals surface area contributed by atoms with Crippen LogP contribution in [0.25, 0.3) is 0 Å². The summed E-state index contributed by atoms with van der Waals surface area (Å²) in [6.45, 7) is 2.42. The molecule has 0 saturated carbocycles. The van der Waals surface area contributed by atoms with E-state index in [-0.39, 0.29) is 11.7 Å². The molecule has 1 N–H and O–H groups in total. The van der Waals surface area contributed by atoms with Crippen LogP contribution in [0.1, 0.15) is 24.1 Å². The molecule has 110 valence electrons. The summed E-state index contributed by atoms with van der Waals surface area (Å²) in [4.78, 5) is 10.6. The molecule has 4 nitrogen and oxygen atoms in total. The average Bonchev–Trinajstić information content (AvgIpc) is 2.45. The SMILES string of the molecule is CC(NCc1ccc(Cl)cc1[N+](=O)[O-])c1cccc(Br)c1. The Bertz CT molecular complexity index is 664. The van der Waals surface area contributed by atoms with Crippen molar-refractivity contribution in [3.05, 3.63) is 73.2 Å². The van der Waals surface area contributed by atoms with E-state index in [1.807, 2.05) is 31.2 Å². The first-order valence-corrected chi connectivity index (χ1v) is 7.56.